The van der Waals surface area contributed by atoms with Gasteiger partial charge in [0.15, 0.2) is 0 Å². The molecular formula is C21H27N5O3S. The predicted molar refractivity (Wildman–Crippen MR) is 114 cm³/mol. The van der Waals surface area contributed by atoms with E-state index in [1.807, 2.05) is 17.5 Å². The maximum atomic E-state index is 12.8. The second-order valence-electron chi connectivity index (χ2n) is 7.97. The number of carbonyl (C=O) groups excluding carboxylic acids is 3. The van der Waals surface area contributed by atoms with Crippen LogP contribution in [0.15, 0.2) is 29.9 Å². The zero-order valence-corrected chi connectivity index (χ0v) is 17.7. The predicted octanol–water partition coefficient (Wildman–Crippen LogP) is 2.18. The third kappa shape index (κ3) is 5.08. The minimum Gasteiger partial charge on any atom is -0.352 e. The molecule has 3 heterocycles. The Bertz CT molecular complexity index is 888. The number of hydrogen-bond acceptors (Lipinski definition) is 5. The minimum absolute atomic E-state index is 0.0191. The fraction of sp³-hybridized carbons (Fsp3) is 0.524. The number of thiophene rings is 1. The molecule has 0 bridgehead atoms. The van der Waals surface area contributed by atoms with Gasteiger partial charge in [0.25, 0.3) is 0 Å². The van der Waals surface area contributed by atoms with Crippen LogP contribution in [0.3, 0.4) is 0 Å². The molecular weight excluding hydrogens is 402 g/mol. The van der Waals surface area contributed by atoms with E-state index in [4.69, 9.17) is 0 Å². The highest BCUT2D eigenvalue weighted by Crippen LogP contribution is 2.22. The normalized spacial score (nSPS) is 19.2. The lowest BCUT2D eigenvalue weighted by atomic mass is 10.2. The number of hydrogen-bond donors (Lipinski definition) is 2. The summed E-state index contributed by atoms with van der Waals surface area (Å²) >= 11 is 1.55. The summed E-state index contributed by atoms with van der Waals surface area (Å²) in [5.74, 6) is -0.291. The molecule has 30 heavy (non-hydrogen) atoms. The zero-order valence-electron chi connectivity index (χ0n) is 16.9. The van der Waals surface area contributed by atoms with Crippen LogP contribution in [0.1, 0.15) is 43.4 Å². The lowest BCUT2D eigenvalue weighted by Crippen LogP contribution is -2.43. The number of nitrogens with one attached hydrogen (secondary N) is 2. The van der Waals surface area contributed by atoms with Gasteiger partial charge >= 0.3 is 0 Å². The standard InChI is InChI=1S/C21H27N5O3S/c27-19(23-15-5-1-2-6-15)14-25-13-16(12-22-25)24-21(29)18-8-3-9-26(18)20(28)11-17-7-4-10-30-17/h4,7,10,12-13,15,18H,1-3,5-6,8-9,11,14H2,(H,23,27)(H,24,29). The maximum Gasteiger partial charge on any atom is 0.247 e. The molecule has 160 valence electrons. The van der Waals surface area contributed by atoms with E-state index in [0.717, 1.165) is 37.0 Å². The van der Waals surface area contributed by atoms with E-state index < -0.39 is 6.04 Å². The summed E-state index contributed by atoms with van der Waals surface area (Å²) in [7, 11) is 0. The second kappa shape index (κ2) is 9.42. The van der Waals surface area contributed by atoms with Crippen molar-refractivity contribution in [3.8, 4) is 0 Å². The van der Waals surface area contributed by atoms with Gasteiger partial charge in [0.2, 0.25) is 17.7 Å². The molecule has 2 N–H and O–H groups in total. The molecule has 8 nitrogen and oxygen atoms in total. The molecule has 2 aromatic rings. The number of aromatic nitrogens is 2. The van der Waals surface area contributed by atoms with E-state index in [9.17, 15) is 14.4 Å². The van der Waals surface area contributed by atoms with Crippen LogP contribution in [0.4, 0.5) is 5.69 Å². The number of rotatable bonds is 7. The van der Waals surface area contributed by atoms with Crippen LogP contribution < -0.4 is 10.6 Å². The Morgan fingerprint density at radius 2 is 2.00 bits per heavy atom. The topological polar surface area (TPSA) is 96.3 Å². The average Bonchev–Trinajstić information content (AvgIpc) is 3.50. The largest absolute Gasteiger partial charge is 0.352 e. The van der Waals surface area contributed by atoms with Gasteiger partial charge in [-0.1, -0.05) is 18.9 Å². The summed E-state index contributed by atoms with van der Waals surface area (Å²) in [4.78, 5) is 40.2. The summed E-state index contributed by atoms with van der Waals surface area (Å²) in [5, 5.41) is 12.0. The monoisotopic (exact) mass is 429 g/mol. The molecule has 1 saturated heterocycles. The van der Waals surface area contributed by atoms with E-state index in [0.29, 0.717) is 25.1 Å². The minimum atomic E-state index is -0.466. The van der Waals surface area contributed by atoms with Crippen LogP contribution in [0.2, 0.25) is 0 Å². The van der Waals surface area contributed by atoms with Gasteiger partial charge in [0, 0.05) is 23.7 Å². The van der Waals surface area contributed by atoms with Crippen LogP contribution in [-0.2, 0) is 27.3 Å². The molecule has 0 spiro atoms. The number of carbonyl (C=O) groups is 3. The van der Waals surface area contributed by atoms with Gasteiger partial charge in [0.05, 0.1) is 18.3 Å². The van der Waals surface area contributed by atoms with E-state index in [2.05, 4.69) is 15.7 Å². The molecule has 1 atom stereocenters. The van der Waals surface area contributed by atoms with E-state index in [-0.39, 0.29) is 30.3 Å². The Balaban J connectivity index is 1.29. The lowest BCUT2D eigenvalue weighted by molar-refractivity contribution is -0.136. The SMILES string of the molecule is O=C(Cn1cc(NC(=O)C2CCCN2C(=O)Cc2cccs2)cn1)NC1CCCC1. The molecule has 4 rings (SSSR count). The number of anilines is 1. The molecule has 1 saturated carbocycles. The number of likely N-dealkylation sites (tertiary alicyclic amines) is 1. The number of amides is 3. The Hall–Kier alpha value is -2.68. The molecule has 3 amide bonds. The first kappa shape index (κ1) is 20.6. The quantitative estimate of drug-likeness (QED) is 0.705. The Kier molecular flexibility index (Phi) is 6.47. The average molecular weight is 430 g/mol. The van der Waals surface area contributed by atoms with Crippen molar-refractivity contribution in [2.24, 2.45) is 0 Å². The van der Waals surface area contributed by atoms with E-state index in [1.54, 1.807) is 22.4 Å². The Morgan fingerprint density at radius 1 is 1.17 bits per heavy atom. The number of nitrogens with zero attached hydrogens (tertiary/aromatic N) is 3. The smallest absolute Gasteiger partial charge is 0.247 e. The molecule has 2 aromatic heterocycles. The van der Waals surface area contributed by atoms with Crippen molar-refractivity contribution in [1.82, 2.24) is 20.0 Å². The summed E-state index contributed by atoms with van der Waals surface area (Å²) < 4.78 is 1.52. The highest BCUT2D eigenvalue weighted by Gasteiger charge is 2.34. The maximum absolute atomic E-state index is 12.8. The van der Waals surface area contributed by atoms with Crippen molar-refractivity contribution in [2.45, 2.75) is 63.6 Å². The van der Waals surface area contributed by atoms with Crippen molar-refractivity contribution in [3.05, 3.63) is 34.8 Å². The van der Waals surface area contributed by atoms with Crippen molar-refractivity contribution in [1.29, 1.82) is 0 Å². The highest BCUT2D eigenvalue weighted by molar-refractivity contribution is 7.10. The van der Waals surface area contributed by atoms with Gasteiger partial charge in [-0.05, 0) is 37.1 Å². The molecule has 2 aliphatic rings. The van der Waals surface area contributed by atoms with Gasteiger partial charge < -0.3 is 15.5 Å². The zero-order chi connectivity index (χ0) is 20.9. The van der Waals surface area contributed by atoms with E-state index in [1.165, 1.54) is 10.9 Å². The van der Waals surface area contributed by atoms with Crippen LogP contribution in [0.25, 0.3) is 0 Å². The molecule has 0 radical (unpaired) electrons. The van der Waals surface area contributed by atoms with Crippen molar-refractivity contribution >= 4 is 34.7 Å². The molecule has 9 heteroatoms. The van der Waals surface area contributed by atoms with E-state index >= 15 is 0 Å². The van der Waals surface area contributed by atoms with Gasteiger partial charge in [-0.3, -0.25) is 19.1 Å². The first-order chi connectivity index (χ1) is 14.6. The molecule has 1 aliphatic heterocycles. The molecule has 1 aliphatic carbocycles. The summed E-state index contributed by atoms with van der Waals surface area (Å²) in [5.41, 5.74) is 0.534. The fourth-order valence-electron chi connectivity index (χ4n) is 4.23. The molecule has 1 unspecified atom stereocenters. The van der Waals surface area contributed by atoms with Crippen LogP contribution in [0.5, 0.6) is 0 Å². The Morgan fingerprint density at radius 3 is 2.77 bits per heavy atom. The highest BCUT2D eigenvalue weighted by atomic mass is 32.1. The molecule has 2 fully saturated rings. The third-order valence-electron chi connectivity index (χ3n) is 5.71. The van der Waals surface area contributed by atoms with Crippen LogP contribution >= 0.6 is 11.3 Å². The Labute approximate surface area is 179 Å². The lowest BCUT2D eigenvalue weighted by Gasteiger charge is -2.23. The summed E-state index contributed by atoms with van der Waals surface area (Å²) in [6, 6.07) is 3.66. The van der Waals surface area contributed by atoms with Crippen molar-refractivity contribution < 1.29 is 14.4 Å². The van der Waals surface area contributed by atoms with Crippen LogP contribution in [0, 0.1) is 0 Å². The summed E-state index contributed by atoms with van der Waals surface area (Å²) in [6.45, 7) is 0.726. The van der Waals surface area contributed by atoms with Crippen molar-refractivity contribution in [3.63, 3.8) is 0 Å². The van der Waals surface area contributed by atoms with Gasteiger partial charge in [-0.2, -0.15) is 5.10 Å². The first-order valence-corrected chi connectivity index (χ1v) is 11.4. The summed E-state index contributed by atoms with van der Waals surface area (Å²) in [6.07, 6.45) is 9.38. The van der Waals surface area contributed by atoms with Crippen molar-refractivity contribution in [2.75, 3.05) is 11.9 Å². The van der Waals surface area contributed by atoms with Gasteiger partial charge in [-0.25, -0.2) is 0 Å². The second-order valence-corrected chi connectivity index (χ2v) is 9.00. The first-order valence-electron chi connectivity index (χ1n) is 10.5. The van der Waals surface area contributed by atoms with Crippen LogP contribution in [-0.4, -0.2) is 51.0 Å². The van der Waals surface area contributed by atoms with Gasteiger partial charge in [0.1, 0.15) is 12.6 Å². The third-order valence-corrected chi connectivity index (χ3v) is 6.58. The molecule has 0 aromatic carbocycles. The fourth-order valence-corrected chi connectivity index (χ4v) is 4.93. The van der Waals surface area contributed by atoms with Gasteiger partial charge in [-0.15, -0.1) is 11.3 Å².